The van der Waals surface area contributed by atoms with Crippen LogP contribution in [0.3, 0.4) is 0 Å². The zero-order valence-corrected chi connectivity index (χ0v) is 9.75. The second-order valence-electron chi connectivity index (χ2n) is 3.59. The molecule has 10 heteroatoms. The number of hydrogen-bond donors (Lipinski definition) is 2. The van der Waals surface area contributed by atoms with Crippen LogP contribution in [-0.2, 0) is 17.8 Å². The largest absolute Gasteiger partial charge is 0.573 e. The quantitative estimate of drug-likeness (QED) is 0.812. The van der Waals surface area contributed by atoms with E-state index in [9.17, 15) is 26.7 Å². The Labute approximate surface area is 109 Å². The lowest BCUT2D eigenvalue weighted by molar-refractivity contribution is -0.275. The summed E-state index contributed by atoms with van der Waals surface area (Å²) < 4.78 is 65.5. The predicted octanol–water partition coefficient (Wildman–Crippen LogP) is 2.00. The standard InChI is InChI=1S/C10H9F5N2O3/c11-9(12)8-4(1-7(18)19)5(2-16)6(3-17-8)20-10(13,14)15/h3,9H,1-2,16H2,(H,18,19). The highest BCUT2D eigenvalue weighted by Crippen LogP contribution is 2.32. The minimum absolute atomic E-state index is 0.447. The van der Waals surface area contributed by atoms with Crippen molar-refractivity contribution in [3.05, 3.63) is 23.0 Å². The van der Waals surface area contributed by atoms with Crippen LogP contribution in [0.25, 0.3) is 0 Å². The van der Waals surface area contributed by atoms with E-state index in [0.717, 1.165) is 0 Å². The first-order chi connectivity index (χ1) is 9.15. The van der Waals surface area contributed by atoms with E-state index in [4.69, 9.17) is 10.8 Å². The van der Waals surface area contributed by atoms with Crippen LogP contribution in [0, 0.1) is 0 Å². The van der Waals surface area contributed by atoms with Crippen LogP contribution in [-0.4, -0.2) is 22.4 Å². The maximum atomic E-state index is 12.7. The zero-order valence-electron chi connectivity index (χ0n) is 9.75. The van der Waals surface area contributed by atoms with Gasteiger partial charge in [-0.2, -0.15) is 0 Å². The fraction of sp³-hybridized carbons (Fsp3) is 0.400. The highest BCUT2D eigenvalue weighted by Gasteiger charge is 2.33. The molecule has 0 saturated carbocycles. The number of aliphatic carboxylic acids is 1. The smallest absolute Gasteiger partial charge is 0.481 e. The van der Waals surface area contributed by atoms with Crippen LogP contribution in [0.15, 0.2) is 6.20 Å². The lowest BCUT2D eigenvalue weighted by Gasteiger charge is -2.17. The van der Waals surface area contributed by atoms with Crippen LogP contribution in [0.5, 0.6) is 5.75 Å². The number of alkyl halides is 5. The van der Waals surface area contributed by atoms with Gasteiger partial charge in [0, 0.05) is 12.1 Å². The van der Waals surface area contributed by atoms with Gasteiger partial charge < -0.3 is 15.6 Å². The molecule has 0 fully saturated rings. The van der Waals surface area contributed by atoms with Gasteiger partial charge in [0.15, 0.2) is 5.75 Å². The summed E-state index contributed by atoms with van der Waals surface area (Å²) in [6.07, 6.45) is -8.70. The molecule has 112 valence electrons. The maximum absolute atomic E-state index is 12.7. The van der Waals surface area contributed by atoms with Crippen LogP contribution in [0.4, 0.5) is 22.0 Å². The molecule has 1 aromatic rings. The van der Waals surface area contributed by atoms with Gasteiger partial charge in [-0.1, -0.05) is 0 Å². The van der Waals surface area contributed by atoms with Crippen molar-refractivity contribution in [1.82, 2.24) is 4.98 Å². The minimum Gasteiger partial charge on any atom is -0.481 e. The molecule has 0 aliphatic rings. The summed E-state index contributed by atoms with van der Waals surface area (Å²) >= 11 is 0. The molecule has 0 bridgehead atoms. The number of nitrogens with two attached hydrogens (primary N) is 1. The number of carboxylic acid groups (broad SMARTS) is 1. The molecule has 5 nitrogen and oxygen atoms in total. The van der Waals surface area contributed by atoms with Crippen molar-refractivity contribution in [2.24, 2.45) is 5.73 Å². The molecule has 0 aliphatic carbocycles. The molecule has 3 N–H and O–H groups in total. The summed E-state index contributed by atoms with van der Waals surface area (Å²) in [6, 6.07) is 0. The number of rotatable bonds is 5. The third-order valence-electron chi connectivity index (χ3n) is 2.26. The van der Waals surface area contributed by atoms with Crippen molar-refractivity contribution in [3.8, 4) is 5.75 Å². The molecule has 0 amide bonds. The molecule has 0 atom stereocenters. The molecule has 20 heavy (non-hydrogen) atoms. The van der Waals surface area contributed by atoms with Gasteiger partial charge in [-0.05, 0) is 5.56 Å². The lowest BCUT2D eigenvalue weighted by atomic mass is 10.0. The molecular formula is C10H9F5N2O3. The summed E-state index contributed by atoms with van der Waals surface area (Å²) in [5, 5.41) is 8.64. The van der Waals surface area contributed by atoms with E-state index >= 15 is 0 Å². The monoisotopic (exact) mass is 300 g/mol. The Morgan fingerprint density at radius 3 is 2.40 bits per heavy atom. The summed E-state index contributed by atoms with van der Waals surface area (Å²) in [6.45, 7) is -0.601. The van der Waals surface area contributed by atoms with Gasteiger partial charge in [0.2, 0.25) is 0 Å². The zero-order chi connectivity index (χ0) is 15.5. The predicted molar refractivity (Wildman–Crippen MR) is 55.1 cm³/mol. The molecule has 0 spiro atoms. The molecule has 0 aromatic carbocycles. The normalized spacial score (nSPS) is 11.8. The molecular weight excluding hydrogens is 291 g/mol. The molecule has 1 rings (SSSR count). The van der Waals surface area contributed by atoms with Gasteiger partial charge in [-0.25, -0.2) is 8.78 Å². The Morgan fingerprint density at radius 1 is 1.40 bits per heavy atom. The van der Waals surface area contributed by atoms with Gasteiger partial charge in [0.1, 0.15) is 5.69 Å². The van der Waals surface area contributed by atoms with E-state index in [1.54, 1.807) is 0 Å². The number of nitrogens with zero attached hydrogens (tertiary/aromatic N) is 1. The molecule has 0 radical (unpaired) electrons. The average molecular weight is 300 g/mol. The van der Waals surface area contributed by atoms with Gasteiger partial charge in [0.05, 0.1) is 12.6 Å². The molecule has 1 heterocycles. The fourth-order valence-corrected chi connectivity index (χ4v) is 1.56. The number of aromatic nitrogens is 1. The van der Waals surface area contributed by atoms with Crippen molar-refractivity contribution in [2.75, 3.05) is 0 Å². The van der Waals surface area contributed by atoms with E-state index in [-0.39, 0.29) is 0 Å². The highest BCUT2D eigenvalue weighted by molar-refractivity contribution is 5.71. The minimum atomic E-state index is -5.07. The Hall–Kier alpha value is -1.97. The highest BCUT2D eigenvalue weighted by atomic mass is 19.4. The first kappa shape index (κ1) is 16.1. The number of ether oxygens (including phenoxy) is 1. The van der Waals surface area contributed by atoms with Gasteiger partial charge >= 0.3 is 12.3 Å². The van der Waals surface area contributed by atoms with Crippen LogP contribution < -0.4 is 10.5 Å². The first-order valence-corrected chi connectivity index (χ1v) is 5.12. The van der Waals surface area contributed by atoms with Gasteiger partial charge in [-0.15, -0.1) is 13.2 Å². The summed E-state index contributed by atoms with van der Waals surface area (Å²) in [5.74, 6) is -2.40. The lowest BCUT2D eigenvalue weighted by Crippen LogP contribution is -2.21. The van der Waals surface area contributed by atoms with Crippen molar-refractivity contribution in [2.45, 2.75) is 25.8 Å². The number of hydrogen-bond acceptors (Lipinski definition) is 4. The van der Waals surface area contributed by atoms with Crippen molar-refractivity contribution < 1.29 is 36.6 Å². The molecule has 0 saturated heterocycles. The number of halogens is 5. The third-order valence-corrected chi connectivity index (χ3v) is 2.26. The van der Waals surface area contributed by atoms with Crippen LogP contribution in [0.1, 0.15) is 23.2 Å². The number of carbonyl (C=O) groups is 1. The third kappa shape index (κ3) is 4.02. The molecule has 1 aromatic heterocycles. The summed E-state index contributed by atoms with van der Waals surface area (Å²) in [7, 11) is 0. The Bertz CT molecular complexity index is 504. The van der Waals surface area contributed by atoms with Crippen LogP contribution >= 0.6 is 0 Å². The second-order valence-corrected chi connectivity index (χ2v) is 3.59. The maximum Gasteiger partial charge on any atom is 0.573 e. The van der Waals surface area contributed by atoms with E-state index in [2.05, 4.69) is 9.72 Å². The van der Waals surface area contributed by atoms with Crippen molar-refractivity contribution >= 4 is 5.97 Å². The Balaban J connectivity index is 3.39. The van der Waals surface area contributed by atoms with Gasteiger partial charge in [0.25, 0.3) is 6.43 Å². The van der Waals surface area contributed by atoms with Crippen molar-refractivity contribution in [3.63, 3.8) is 0 Å². The Kier molecular flexibility index (Phi) is 4.82. The molecule has 0 unspecified atom stereocenters. The SMILES string of the molecule is NCc1c(OC(F)(F)F)cnc(C(F)F)c1CC(=O)O. The van der Waals surface area contributed by atoms with E-state index in [1.165, 1.54) is 0 Å². The van der Waals surface area contributed by atoms with Crippen molar-refractivity contribution in [1.29, 1.82) is 0 Å². The van der Waals surface area contributed by atoms with E-state index in [0.29, 0.717) is 6.20 Å². The summed E-state index contributed by atoms with van der Waals surface area (Å²) in [4.78, 5) is 13.8. The average Bonchev–Trinajstić information content (AvgIpc) is 2.25. The number of pyridine rings is 1. The topological polar surface area (TPSA) is 85.4 Å². The molecule has 0 aliphatic heterocycles. The van der Waals surface area contributed by atoms with Crippen LogP contribution in [0.2, 0.25) is 0 Å². The Morgan fingerprint density at radius 2 is 2.00 bits per heavy atom. The second kappa shape index (κ2) is 5.99. The first-order valence-electron chi connectivity index (χ1n) is 5.12. The number of carboxylic acids is 1. The van der Waals surface area contributed by atoms with E-state index < -0.39 is 54.3 Å². The van der Waals surface area contributed by atoms with Gasteiger partial charge in [-0.3, -0.25) is 9.78 Å². The fourth-order valence-electron chi connectivity index (χ4n) is 1.56. The van der Waals surface area contributed by atoms with E-state index in [1.807, 2.05) is 0 Å². The summed E-state index contributed by atoms with van der Waals surface area (Å²) in [5.41, 5.74) is 3.24.